The summed E-state index contributed by atoms with van der Waals surface area (Å²) in [6.45, 7) is 2.26. The SMILES string of the molecule is Cc1csc2c1CC1(C2)c2ccccc2-c2ccccc21. The van der Waals surface area contributed by atoms with Gasteiger partial charge >= 0.3 is 0 Å². The average molecular weight is 288 g/mol. The lowest BCUT2D eigenvalue weighted by Crippen LogP contribution is -2.25. The predicted molar refractivity (Wildman–Crippen MR) is 89.1 cm³/mol. The molecule has 1 heteroatoms. The highest BCUT2D eigenvalue weighted by molar-refractivity contribution is 7.10. The standard InChI is InChI=1S/C20H16S/c1-13-12-21-19-11-20(10-16(13)19)17-8-4-2-6-14(17)15-7-3-5-9-18(15)20/h2-9,12H,10-11H2,1H3. The van der Waals surface area contributed by atoms with Gasteiger partial charge in [0.15, 0.2) is 0 Å². The molecule has 2 aromatic carbocycles. The fraction of sp³-hybridized carbons (Fsp3) is 0.200. The maximum Gasteiger partial charge on any atom is 0.0304 e. The van der Waals surface area contributed by atoms with E-state index in [0.717, 1.165) is 0 Å². The third-order valence-corrected chi connectivity index (χ3v) is 6.45. The number of rotatable bonds is 0. The first-order valence-corrected chi connectivity index (χ1v) is 8.43. The Morgan fingerprint density at radius 1 is 0.857 bits per heavy atom. The van der Waals surface area contributed by atoms with E-state index < -0.39 is 0 Å². The van der Waals surface area contributed by atoms with Crippen molar-refractivity contribution in [3.05, 3.63) is 81.0 Å². The summed E-state index contributed by atoms with van der Waals surface area (Å²) in [6.07, 6.45) is 2.35. The molecule has 3 aromatic rings. The van der Waals surface area contributed by atoms with Crippen molar-refractivity contribution in [3.63, 3.8) is 0 Å². The van der Waals surface area contributed by atoms with Crippen LogP contribution < -0.4 is 0 Å². The van der Waals surface area contributed by atoms with Crippen LogP contribution in [0.5, 0.6) is 0 Å². The second-order valence-corrected chi connectivity index (χ2v) is 7.31. The van der Waals surface area contributed by atoms with E-state index in [4.69, 9.17) is 0 Å². The number of hydrogen-bond acceptors (Lipinski definition) is 1. The first-order valence-electron chi connectivity index (χ1n) is 7.55. The molecule has 0 atom stereocenters. The first kappa shape index (κ1) is 11.8. The second kappa shape index (κ2) is 3.86. The highest BCUT2D eigenvalue weighted by atomic mass is 32.1. The average Bonchev–Trinajstić information content (AvgIpc) is 3.15. The van der Waals surface area contributed by atoms with Crippen LogP contribution in [-0.2, 0) is 18.3 Å². The Balaban J connectivity index is 1.82. The number of fused-ring (bicyclic) bond motifs is 6. The van der Waals surface area contributed by atoms with E-state index in [2.05, 4.69) is 60.8 Å². The van der Waals surface area contributed by atoms with E-state index in [1.807, 2.05) is 11.3 Å². The van der Waals surface area contributed by atoms with Crippen molar-refractivity contribution in [2.24, 2.45) is 0 Å². The van der Waals surface area contributed by atoms with Gasteiger partial charge < -0.3 is 0 Å². The van der Waals surface area contributed by atoms with Gasteiger partial charge in [0.1, 0.15) is 0 Å². The zero-order valence-electron chi connectivity index (χ0n) is 12.0. The molecule has 0 saturated carbocycles. The normalized spacial score (nSPS) is 16.8. The number of aryl methyl sites for hydroxylation is 1. The number of hydrogen-bond donors (Lipinski definition) is 0. The minimum absolute atomic E-state index is 0.195. The molecule has 0 radical (unpaired) electrons. The van der Waals surface area contributed by atoms with Gasteiger partial charge in [-0.1, -0.05) is 48.5 Å². The summed E-state index contributed by atoms with van der Waals surface area (Å²) in [5.41, 5.74) is 9.24. The van der Waals surface area contributed by atoms with Crippen molar-refractivity contribution in [2.45, 2.75) is 25.2 Å². The van der Waals surface area contributed by atoms with E-state index >= 15 is 0 Å². The van der Waals surface area contributed by atoms with Gasteiger partial charge in [-0.3, -0.25) is 0 Å². The van der Waals surface area contributed by atoms with Crippen LogP contribution in [0.4, 0.5) is 0 Å². The molecule has 0 bridgehead atoms. The Hall–Kier alpha value is -1.86. The van der Waals surface area contributed by atoms with Gasteiger partial charge in [-0.2, -0.15) is 0 Å². The molecule has 1 aromatic heterocycles. The topological polar surface area (TPSA) is 0 Å². The van der Waals surface area contributed by atoms with Crippen molar-refractivity contribution in [1.82, 2.24) is 0 Å². The zero-order chi connectivity index (χ0) is 14.0. The van der Waals surface area contributed by atoms with Crippen LogP contribution in [0.3, 0.4) is 0 Å². The Bertz CT molecular complexity index is 824. The maximum absolute atomic E-state index is 2.35. The smallest absolute Gasteiger partial charge is 0.0304 e. The maximum atomic E-state index is 2.35. The van der Waals surface area contributed by atoms with Gasteiger partial charge in [0.25, 0.3) is 0 Å². The lowest BCUT2D eigenvalue weighted by molar-refractivity contribution is 0.564. The lowest BCUT2D eigenvalue weighted by Gasteiger charge is -2.26. The van der Waals surface area contributed by atoms with Gasteiger partial charge in [-0.25, -0.2) is 0 Å². The number of benzene rings is 2. The first-order chi connectivity index (χ1) is 10.3. The largest absolute Gasteiger partial charge is 0.148 e. The zero-order valence-corrected chi connectivity index (χ0v) is 12.8. The van der Waals surface area contributed by atoms with Crippen molar-refractivity contribution in [1.29, 1.82) is 0 Å². The highest BCUT2D eigenvalue weighted by Gasteiger charge is 2.47. The second-order valence-electron chi connectivity index (χ2n) is 6.35. The summed E-state index contributed by atoms with van der Waals surface area (Å²) in [4.78, 5) is 1.60. The van der Waals surface area contributed by atoms with Crippen LogP contribution in [0, 0.1) is 6.92 Å². The van der Waals surface area contributed by atoms with Gasteiger partial charge in [0.2, 0.25) is 0 Å². The summed E-state index contributed by atoms with van der Waals surface area (Å²) in [6, 6.07) is 18.0. The van der Waals surface area contributed by atoms with Gasteiger partial charge in [-0.05, 0) is 58.5 Å². The Labute approximate surface area is 129 Å². The molecule has 0 saturated heterocycles. The van der Waals surface area contributed by atoms with Gasteiger partial charge in [0, 0.05) is 10.3 Å². The summed E-state index contributed by atoms with van der Waals surface area (Å²) in [5, 5.41) is 2.32. The van der Waals surface area contributed by atoms with E-state index in [0.29, 0.717) is 0 Å². The molecule has 0 fully saturated rings. The van der Waals surface area contributed by atoms with E-state index in [1.165, 1.54) is 40.7 Å². The van der Waals surface area contributed by atoms with Crippen molar-refractivity contribution >= 4 is 11.3 Å². The molecule has 1 spiro atoms. The quantitative estimate of drug-likeness (QED) is 0.538. The van der Waals surface area contributed by atoms with E-state index in [1.54, 1.807) is 10.4 Å². The molecule has 5 rings (SSSR count). The van der Waals surface area contributed by atoms with Crippen molar-refractivity contribution in [3.8, 4) is 11.1 Å². The summed E-state index contributed by atoms with van der Waals surface area (Å²) in [7, 11) is 0. The van der Waals surface area contributed by atoms with Crippen molar-refractivity contribution in [2.75, 3.05) is 0 Å². The molecule has 0 nitrogen and oxygen atoms in total. The van der Waals surface area contributed by atoms with Crippen LogP contribution in [0.25, 0.3) is 11.1 Å². The lowest BCUT2D eigenvalue weighted by atomic mass is 9.76. The van der Waals surface area contributed by atoms with E-state index in [9.17, 15) is 0 Å². The summed E-state index contributed by atoms with van der Waals surface area (Å²) in [5.74, 6) is 0. The molecule has 102 valence electrons. The summed E-state index contributed by atoms with van der Waals surface area (Å²) >= 11 is 1.95. The fourth-order valence-electron chi connectivity index (χ4n) is 4.34. The van der Waals surface area contributed by atoms with Gasteiger partial charge in [0.05, 0.1) is 0 Å². The molecule has 2 aliphatic rings. The predicted octanol–water partition coefficient (Wildman–Crippen LogP) is 5.12. The van der Waals surface area contributed by atoms with Crippen LogP contribution in [0.2, 0.25) is 0 Å². The highest BCUT2D eigenvalue weighted by Crippen LogP contribution is 2.56. The minimum Gasteiger partial charge on any atom is -0.148 e. The minimum atomic E-state index is 0.195. The van der Waals surface area contributed by atoms with Crippen LogP contribution in [-0.4, -0.2) is 0 Å². The van der Waals surface area contributed by atoms with Crippen LogP contribution >= 0.6 is 11.3 Å². The summed E-state index contributed by atoms with van der Waals surface area (Å²) < 4.78 is 0. The molecule has 21 heavy (non-hydrogen) atoms. The van der Waals surface area contributed by atoms with Crippen LogP contribution in [0.15, 0.2) is 53.9 Å². The molecule has 0 amide bonds. The Morgan fingerprint density at radius 2 is 1.48 bits per heavy atom. The molecular weight excluding hydrogens is 272 g/mol. The van der Waals surface area contributed by atoms with E-state index in [-0.39, 0.29) is 5.41 Å². The molecule has 0 unspecified atom stereocenters. The Kier molecular flexibility index (Phi) is 2.16. The van der Waals surface area contributed by atoms with Crippen molar-refractivity contribution < 1.29 is 0 Å². The number of thiophene rings is 1. The molecule has 1 heterocycles. The Morgan fingerprint density at radius 3 is 2.10 bits per heavy atom. The molecule has 0 N–H and O–H groups in total. The third kappa shape index (κ3) is 1.35. The fourth-order valence-corrected chi connectivity index (χ4v) is 5.51. The third-order valence-electron chi connectivity index (χ3n) is 5.31. The van der Waals surface area contributed by atoms with Gasteiger partial charge in [-0.15, -0.1) is 11.3 Å². The molecule has 0 aliphatic heterocycles. The molecule has 2 aliphatic carbocycles. The molecular formula is C20H16S. The monoisotopic (exact) mass is 288 g/mol. The van der Waals surface area contributed by atoms with Crippen LogP contribution in [0.1, 0.15) is 27.1 Å².